The first kappa shape index (κ1) is 10.0. The van der Waals surface area contributed by atoms with E-state index in [1.807, 2.05) is 0 Å². The largest absolute Gasteiger partial charge is 0.396 e. The lowest BCUT2D eigenvalue weighted by Crippen LogP contribution is -2.37. The minimum Gasteiger partial charge on any atom is -0.396 e. The molecule has 1 aliphatic rings. The van der Waals surface area contributed by atoms with Gasteiger partial charge in [0.25, 0.3) is 0 Å². The second-order valence-corrected chi connectivity index (χ2v) is 4.84. The summed E-state index contributed by atoms with van der Waals surface area (Å²) in [6.07, 6.45) is 5.19. The van der Waals surface area contributed by atoms with Gasteiger partial charge in [-0.05, 0) is 23.7 Å². The smallest absolute Gasteiger partial charge is 0.0467 e. The maximum atomic E-state index is 9.33. The van der Waals surface area contributed by atoms with Crippen LogP contribution in [0.3, 0.4) is 0 Å². The normalized spacial score (nSPS) is 35.0. The number of aliphatic hydroxyl groups is 1. The van der Waals surface area contributed by atoms with Crippen molar-refractivity contribution < 1.29 is 5.11 Å². The van der Waals surface area contributed by atoms with Crippen LogP contribution < -0.4 is 0 Å². The fraction of sp³-hybridized carbons (Fsp3) is 1.00. The van der Waals surface area contributed by atoms with Crippen molar-refractivity contribution in [2.24, 2.45) is 17.3 Å². The zero-order valence-electron chi connectivity index (χ0n) is 8.64. The Bertz CT molecular complexity index is 140. The highest BCUT2D eigenvalue weighted by Gasteiger charge is 2.37. The van der Waals surface area contributed by atoms with Gasteiger partial charge in [-0.3, -0.25) is 0 Å². The van der Waals surface area contributed by atoms with Crippen molar-refractivity contribution in [1.29, 1.82) is 0 Å². The third-order valence-corrected chi connectivity index (χ3v) is 3.69. The van der Waals surface area contributed by atoms with Gasteiger partial charge in [-0.2, -0.15) is 0 Å². The van der Waals surface area contributed by atoms with E-state index in [4.69, 9.17) is 0 Å². The van der Waals surface area contributed by atoms with Crippen LogP contribution in [0.5, 0.6) is 0 Å². The molecule has 0 spiro atoms. The lowest BCUT2D eigenvalue weighted by molar-refractivity contribution is 0.0233. The van der Waals surface area contributed by atoms with Crippen molar-refractivity contribution in [3.05, 3.63) is 0 Å². The Kier molecular flexibility index (Phi) is 3.16. The van der Waals surface area contributed by atoms with Gasteiger partial charge < -0.3 is 5.11 Å². The summed E-state index contributed by atoms with van der Waals surface area (Å²) in [7, 11) is 0. The summed E-state index contributed by atoms with van der Waals surface area (Å²) < 4.78 is 0. The van der Waals surface area contributed by atoms with Crippen LogP contribution in [0.2, 0.25) is 0 Å². The molecule has 1 aliphatic carbocycles. The zero-order valence-corrected chi connectivity index (χ0v) is 8.64. The van der Waals surface area contributed by atoms with Crippen LogP contribution in [0.1, 0.15) is 46.5 Å². The maximum Gasteiger partial charge on any atom is 0.0467 e. The van der Waals surface area contributed by atoms with Crippen LogP contribution >= 0.6 is 0 Å². The second-order valence-electron chi connectivity index (χ2n) is 4.84. The third kappa shape index (κ3) is 1.82. The molecular weight excluding hydrogens is 148 g/mol. The Morgan fingerprint density at radius 1 is 1.42 bits per heavy atom. The van der Waals surface area contributed by atoms with Crippen molar-refractivity contribution in [1.82, 2.24) is 0 Å². The molecule has 1 heteroatoms. The van der Waals surface area contributed by atoms with E-state index in [9.17, 15) is 5.11 Å². The molecule has 0 heterocycles. The van der Waals surface area contributed by atoms with E-state index in [0.717, 1.165) is 5.92 Å². The molecule has 1 rings (SSSR count). The average molecular weight is 170 g/mol. The van der Waals surface area contributed by atoms with Crippen LogP contribution in [0.4, 0.5) is 0 Å². The lowest BCUT2D eigenvalue weighted by atomic mass is 9.63. The Morgan fingerprint density at radius 3 is 2.50 bits per heavy atom. The molecule has 1 N–H and O–H groups in total. The number of hydrogen-bond acceptors (Lipinski definition) is 1. The highest BCUT2D eigenvalue weighted by Crippen LogP contribution is 2.44. The summed E-state index contributed by atoms with van der Waals surface area (Å²) in [4.78, 5) is 0. The van der Waals surface area contributed by atoms with Gasteiger partial charge in [-0.1, -0.05) is 40.0 Å². The van der Waals surface area contributed by atoms with Gasteiger partial charge in [-0.25, -0.2) is 0 Å². The van der Waals surface area contributed by atoms with Crippen molar-refractivity contribution >= 4 is 0 Å². The standard InChI is InChI=1S/C11H22O/c1-4-9-6-5-7-11(2,3)10(9)8-12/h9-10,12H,4-8H2,1-3H3/t9-,10-/m0/s1. The molecule has 0 aliphatic heterocycles. The van der Waals surface area contributed by atoms with Crippen molar-refractivity contribution in [3.63, 3.8) is 0 Å². The van der Waals surface area contributed by atoms with E-state index < -0.39 is 0 Å². The van der Waals surface area contributed by atoms with E-state index in [-0.39, 0.29) is 0 Å². The molecule has 0 aromatic rings. The molecule has 0 aromatic carbocycles. The molecular formula is C11H22O. The quantitative estimate of drug-likeness (QED) is 0.675. The molecule has 0 unspecified atom stereocenters. The molecule has 0 amide bonds. The van der Waals surface area contributed by atoms with E-state index in [1.54, 1.807) is 0 Å². The maximum absolute atomic E-state index is 9.33. The summed E-state index contributed by atoms with van der Waals surface area (Å²) in [6.45, 7) is 7.23. The summed E-state index contributed by atoms with van der Waals surface area (Å²) in [6, 6.07) is 0. The SMILES string of the molecule is CC[C@H]1CCCC(C)(C)[C@H]1CO. The lowest BCUT2D eigenvalue weighted by Gasteiger charge is -2.43. The summed E-state index contributed by atoms with van der Waals surface area (Å²) in [5.41, 5.74) is 0.369. The number of aliphatic hydroxyl groups excluding tert-OH is 1. The zero-order chi connectivity index (χ0) is 9.19. The van der Waals surface area contributed by atoms with Crippen molar-refractivity contribution in [3.8, 4) is 0 Å². The Labute approximate surface area is 76.2 Å². The topological polar surface area (TPSA) is 20.2 Å². The Morgan fingerprint density at radius 2 is 2.08 bits per heavy atom. The van der Waals surface area contributed by atoms with Crippen LogP contribution in [0.25, 0.3) is 0 Å². The van der Waals surface area contributed by atoms with Gasteiger partial charge in [0.1, 0.15) is 0 Å². The minimum atomic E-state index is 0.369. The van der Waals surface area contributed by atoms with Gasteiger partial charge >= 0.3 is 0 Å². The molecule has 12 heavy (non-hydrogen) atoms. The third-order valence-electron chi connectivity index (χ3n) is 3.69. The van der Waals surface area contributed by atoms with Gasteiger partial charge in [0.05, 0.1) is 0 Å². The Balaban J connectivity index is 2.66. The van der Waals surface area contributed by atoms with Crippen LogP contribution in [0.15, 0.2) is 0 Å². The fourth-order valence-corrected chi connectivity index (χ4v) is 2.73. The van der Waals surface area contributed by atoms with Gasteiger partial charge in [-0.15, -0.1) is 0 Å². The average Bonchev–Trinajstić information content (AvgIpc) is 2.02. The minimum absolute atomic E-state index is 0.369. The van der Waals surface area contributed by atoms with Crippen LogP contribution in [0, 0.1) is 17.3 Å². The highest BCUT2D eigenvalue weighted by molar-refractivity contribution is 4.87. The van der Waals surface area contributed by atoms with Crippen molar-refractivity contribution in [2.75, 3.05) is 6.61 Å². The summed E-state index contributed by atoms with van der Waals surface area (Å²) in [5, 5.41) is 9.33. The number of hydrogen-bond donors (Lipinski definition) is 1. The molecule has 0 saturated heterocycles. The Hall–Kier alpha value is -0.0400. The second kappa shape index (κ2) is 3.78. The first-order valence-electron chi connectivity index (χ1n) is 5.22. The van der Waals surface area contributed by atoms with Crippen molar-refractivity contribution in [2.45, 2.75) is 46.5 Å². The highest BCUT2D eigenvalue weighted by atomic mass is 16.3. The monoisotopic (exact) mass is 170 g/mol. The number of rotatable bonds is 2. The summed E-state index contributed by atoms with van der Waals surface area (Å²) >= 11 is 0. The first-order valence-corrected chi connectivity index (χ1v) is 5.22. The van der Waals surface area contributed by atoms with E-state index >= 15 is 0 Å². The molecule has 2 atom stereocenters. The molecule has 72 valence electrons. The first-order chi connectivity index (χ1) is 5.61. The van der Waals surface area contributed by atoms with Gasteiger partial charge in [0.2, 0.25) is 0 Å². The molecule has 1 fully saturated rings. The van der Waals surface area contributed by atoms with E-state index in [1.165, 1.54) is 25.7 Å². The van der Waals surface area contributed by atoms with E-state index in [0.29, 0.717) is 17.9 Å². The van der Waals surface area contributed by atoms with Crippen LogP contribution in [-0.4, -0.2) is 11.7 Å². The molecule has 1 nitrogen and oxygen atoms in total. The molecule has 1 saturated carbocycles. The fourth-order valence-electron chi connectivity index (χ4n) is 2.73. The van der Waals surface area contributed by atoms with Gasteiger partial charge in [0.15, 0.2) is 0 Å². The summed E-state index contributed by atoms with van der Waals surface area (Å²) in [5.74, 6) is 1.30. The predicted octanol–water partition coefficient (Wildman–Crippen LogP) is 2.83. The van der Waals surface area contributed by atoms with Crippen LogP contribution in [-0.2, 0) is 0 Å². The molecule has 0 bridgehead atoms. The van der Waals surface area contributed by atoms with Gasteiger partial charge in [0, 0.05) is 6.61 Å². The molecule has 0 aromatic heterocycles. The predicted molar refractivity (Wildman–Crippen MR) is 52.0 cm³/mol. The van der Waals surface area contributed by atoms with E-state index in [2.05, 4.69) is 20.8 Å². The molecule has 0 radical (unpaired) electrons.